The van der Waals surface area contributed by atoms with Gasteiger partial charge in [0.1, 0.15) is 0 Å². The number of thiophene rings is 1. The molecular formula is C18H18ClN3OS. The van der Waals surface area contributed by atoms with Crippen LogP contribution >= 0.6 is 22.9 Å². The predicted molar refractivity (Wildman–Crippen MR) is 97.9 cm³/mol. The number of aromatic nitrogens is 2. The van der Waals surface area contributed by atoms with Gasteiger partial charge in [-0.15, -0.1) is 11.3 Å². The Morgan fingerprint density at radius 1 is 1.25 bits per heavy atom. The highest BCUT2D eigenvalue weighted by molar-refractivity contribution is 7.09. The predicted octanol–water partition coefficient (Wildman–Crippen LogP) is 4.06. The molecule has 1 amide bonds. The van der Waals surface area contributed by atoms with Gasteiger partial charge in [-0.05, 0) is 49.6 Å². The normalized spacial score (nSPS) is 10.8. The lowest BCUT2D eigenvalue weighted by molar-refractivity contribution is -0.120. The Hall–Kier alpha value is -2.11. The summed E-state index contributed by atoms with van der Waals surface area (Å²) in [5.41, 5.74) is 3.74. The summed E-state index contributed by atoms with van der Waals surface area (Å²) in [6, 6.07) is 11.5. The van der Waals surface area contributed by atoms with Gasteiger partial charge < -0.3 is 5.32 Å². The summed E-state index contributed by atoms with van der Waals surface area (Å²) in [7, 11) is 0. The fourth-order valence-electron chi connectivity index (χ4n) is 2.59. The monoisotopic (exact) mass is 359 g/mol. The Balaban J connectivity index is 1.74. The molecule has 6 heteroatoms. The average Bonchev–Trinajstić information content (AvgIpc) is 3.17. The van der Waals surface area contributed by atoms with E-state index in [0.29, 0.717) is 18.0 Å². The van der Waals surface area contributed by atoms with E-state index < -0.39 is 0 Å². The van der Waals surface area contributed by atoms with E-state index in [2.05, 4.69) is 10.4 Å². The van der Waals surface area contributed by atoms with Gasteiger partial charge in [0.15, 0.2) is 0 Å². The number of hydrogen-bond acceptors (Lipinski definition) is 3. The standard InChI is InChI=1S/C18H18ClN3OS/c1-12-17(10-18(23)20-11-16-4-3-9-24-16)13(2)22(21-12)15-7-5-14(19)6-8-15/h3-9H,10-11H2,1-2H3,(H,20,23). The summed E-state index contributed by atoms with van der Waals surface area (Å²) in [6.45, 7) is 4.48. The van der Waals surface area contributed by atoms with Gasteiger partial charge in [0.2, 0.25) is 5.91 Å². The molecule has 0 atom stereocenters. The van der Waals surface area contributed by atoms with Gasteiger partial charge in [-0.3, -0.25) is 4.79 Å². The van der Waals surface area contributed by atoms with Crippen molar-refractivity contribution in [2.75, 3.05) is 0 Å². The zero-order valence-electron chi connectivity index (χ0n) is 13.5. The Morgan fingerprint density at radius 2 is 2.00 bits per heavy atom. The summed E-state index contributed by atoms with van der Waals surface area (Å²) >= 11 is 7.58. The van der Waals surface area contributed by atoms with Crippen molar-refractivity contribution >= 4 is 28.8 Å². The van der Waals surface area contributed by atoms with Crippen LogP contribution in [0, 0.1) is 13.8 Å². The van der Waals surface area contributed by atoms with E-state index in [1.807, 2.05) is 60.3 Å². The quantitative estimate of drug-likeness (QED) is 0.746. The molecule has 0 aliphatic heterocycles. The lowest BCUT2D eigenvalue weighted by atomic mass is 10.1. The first-order chi connectivity index (χ1) is 11.5. The molecule has 0 bridgehead atoms. The lowest BCUT2D eigenvalue weighted by Crippen LogP contribution is -2.24. The van der Waals surface area contributed by atoms with Crippen LogP contribution in [0.25, 0.3) is 5.69 Å². The number of benzene rings is 1. The maximum absolute atomic E-state index is 12.2. The van der Waals surface area contributed by atoms with Crippen LogP contribution in [0.3, 0.4) is 0 Å². The highest BCUT2D eigenvalue weighted by Crippen LogP contribution is 2.20. The first-order valence-corrected chi connectivity index (χ1v) is 8.90. The van der Waals surface area contributed by atoms with Crippen molar-refractivity contribution in [1.82, 2.24) is 15.1 Å². The van der Waals surface area contributed by atoms with Crippen LogP contribution in [0.1, 0.15) is 21.8 Å². The average molecular weight is 360 g/mol. The molecule has 0 saturated carbocycles. The molecule has 2 heterocycles. The Morgan fingerprint density at radius 3 is 2.67 bits per heavy atom. The van der Waals surface area contributed by atoms with E-state index in [0.717, 1.165) is 27.5 Å². The SMILES string of the molecule is Cc1nn(-c2ccc(Cl)cc2)c(C)c1CC(=O)NCc1cccs1. The van der Waals surface area contributed by atoms with Crippen LogP contribution in [0.5, 0.6) is 0 Å². The molecule has 3 aromatic rings. The van der Waals surface area contributed by atoms with Gasteiger partial charge in [-0.2, -0.15) is 5.10 Å². The van der Waals surface area contributed by atoms with Crippen LogP contribution in [-0.2, 0) is 17.8 Å². The van der Waals surface area contributed by atoms with Gasteiger partial charge in [0.25, 0.3) is 0 Å². The molecule has 24 heavy (non-hydrogen) atoms. The number of nitrogens with one attached hydrogen (secondary N) is 1. The van der Waals surface area contributed by atoms with Crippen molar-refractivity contribution < 1.29 is 4.79 Å². The first kappa shape index (κ1) is 16.7. The van der Waals surface area contributed by atoms with Crippen LogP contribution < -0.4 is 5.32 Å². The van der Waals surface area contributed by atoms with Gasteiger partial charge in [0, 0.05) is 21.2 Å². The fourth-order valence-corrected chi connectivity index (χ4v) is 3.36. The number of hydrogen-bond donors (Lipinski definition) is 1. The van der Waals surface area contributed by atoms with Crippen LogP contribution in [0.4, 0.5) is 0 Å². The number of aryl methyl sites for hydroxylation is 1. The second-order valence-electron chi connectivity index (χ2n) is 5.57. The summed E-state index contributed by atoms with van der Waals surface area (Å²) in [6.07, 6.45) is 0.330. The van der Waals surface area contributed by atoms with Gasteiger partial charge in [-0.1, -0.05) is 17.7 Å². The summed E-state index contributed by atoms with van der Waals surface area (Å²) < 4.78 is 1.85. The maximum atomic E-state index is 12.2. The molecule has 124 valence electrons. The van der Waals surface area contributed by atoms with E-state index in [4.69, 9.17) is 11.6 Å². The third kappa shape index (κ3) is 3.68. The minimum Gasteiger partial charge on any atom is -0.351 e. The van der Waals surface area contributed by atoms with Crippen molar-refractivity contribution in [3.05, 3.63) is 68.6 Å². The second kappa shape index (κ2) is 7.20. The molecule has 2 aromatic heterocycles. The topological polar surface area (TPSA) is 46.9 Å². The van der Waals surface area contributed by atoms with E-state index in [-0.39, 0.29) is 5.91 Å². The molecule has 0 unspecified atom stereocenters. The number of halogens is 1. The number of rotatable bonds is 5. The zero-order chi connectivity index (χ0) is 17.1. The van der Waals surface area contributed by atoms with Crippen molar-refractivity contribution in [3.8, 4) is 5.69 Å². The Bertz CT molecular complexity index is 838. The summed E-state index contributed by atoms with van der Waals surface area (Å²) in [5, 5.41) is 10.2. The molecule has 1 aromatic carbocycles. The van der Waals surface area contributed by atoms with E-state index >= 15 is 0 Å². The number of amides is 1. The van der Waals surface area contributed by atoms with Gasteiger partial charge >= 0.3 is 0 Å². The third-order valence-corrected chi connectivity index (χ3v) is 5.02. The van der Waals surface area contributed by atoms with Gasteiger partial charge in [0.05, 0.1) is 24.3 Å². The highest BCUT2D eigenvalue weighted by Gasteiger charge is 2.16. The summed E-state index contributed by atoms with van der Waals surface area (Å²) in [5.74, 6) is 0.00487. The van der Waals surface area contributed by atoms with E-state index in [1.165, 1.54) is 0 Å². The maximum Gasteiger partial charge on any atom is 0.224 e. The third-order valence-electron chi connectivity index (χ3n) is 3.89. The van der Waals surface area contributed by atoms with Crippen molar-refractivity contribution in [3.63, 3.8) is 0 Å². The molecule has 0 saturated heterocycles. The second-order valence-corrected chi connectivity index (χ2v) is 7.04. The molecule has 0 aliphatic carbocycles. The Kier molecular flexibility index (Phi) is 5.02. The zero-order valence-corrected chi connectivity index (χ0v) is 15.1. The van der Waals surface area contributed by atoms with Crippen molar-refractivity contribution in [2.24, 2.45) is 0 Å². The molecule has 0 aliphatic rings. The largest absolute Gasteiger partial charge is 0.351 e. The van der Waals surface area contributed by atoms with E-state index in [1.54, 1.807) is 11.3 Å². The molecule has 4 nitrogen and oxygen atoms in total. The number of carbonyl (C=O) groups is 1. The molecular weight excluding hydrogens is 342 g/mol. The highest BCUT2D eigenvalue weighted by atomic mass is 35.5. The lowest BCUT2D eigenvalue weighted by Gasteiger charge is -2.06. The molecule has 3 rings (SSSR count). The van der Waals surface area contributed by atoms with Gasteiger partial charge in [-0.25, -0.2) is 4.68 Å². The van der Waals surface area contributed by atoms with Crippen LogP contribution in [0.2, 0.25) is 5.02 Å². The Labute approximate surface area is 150 Å². The molecule has 0 fully saturated rings. The van der Waals surface area contributed by atoms with Crippen molar-refractivity contribution in [2.45, 2.75) is 26.8 Å². The fraction of sp³-hybridized carbons (Fsp3) is 0.222. The molecule has 0 spiro atoms. The van der Waals surface area contributed by atoms with Crippen LogP contribution in [0.15, 0.2) is 41.8 Å². The van der Waals surface area contributed by atoms with Crippen molar-refractivity contribution in [1.29, 1.82) is 0 Å². The minimum atomic E-state index is 0.00487. The molecule has 0 radical (unpaired) electrons. The number of carbonyl (C=O) groups excluding carboxylic acids is 1. The minimum absolute atomic E-state index is 0.00487. The van der Waals surface area contributed by atoms with E-state index in [9.17, 15) is 4.79 Å². The first-order valence-electron chi connectivity index (χ1n) is 7.64. The smallest absolute Gasteiger partial charge is 0.224 e. The van der Waals surface area contributed by atoms with Crippen LogP contribution in [-0.4, -0.2) is 15.7 Å². The summed E-state index contributed by atoms with van der Waals surface area (Å²) in [4.78, 5) is 13.4. The number of nitrogens with zero attached hydrogens (tertiary/aromatic N) is 2. The molecule has 1 N–H and O–H groups in total.